The van der Waals surface area contributed by atoms with Crippen LogP contribution in [0.15, 0.2) is 89.7 Å². The first-order valence-corrected chi connectivity index (χ1v) is 13.2. The summed E-state index contributed by atoms with van der Waals surface area (Å²) < 4.78 is 8.64. The monoisotopic (exact) mass is 523 g/mol. The second kappa shape index (κ2) is 9.31. The zero-order valence-electron chi connectivity index (χ0n) is 19.8. The number of methoxy groups -OCH3 is 1. The van der Waals surface area contributed by atoms with E-state index in [9.17, 15) is 9.59 Å². The Hall–Kier alpha value is -4.27. The SMILES string of the molecule is COC(=O)C1=c2s/c(=C/c3ccccc3)c(=O)n2C(N)=C(c2nc3ccccc3s2)C1c1ccccc1. The summed E-state index contributed by atoms with van der Waals surface area (Å²) in [6.07, 6.45) is 1.81. The van der Waals surface area contributed by atoms with E-state index in [0.29, 0.717) is 25.3 Å². The standard InChI is InChI=1S/C29H21N3O3S2/c1-35-29(34)24-22(18-12-6-3-7-13-18)23(26-31-19-14-8-9-15-20(19)36-26)25(30)32-27(33)21(37-28(24)32)16-17-10-4-2-5-11-17/h2-16,22H,30H2,1H3/b21-16+. The number of nitrogens with two attached hydrogens (primary N) is 1. The average molecular weight is 524 g/mol. The van der Waals surface area contributed by atoms with Crippen molar-refractivity contribution in [2.75, 3.05) is 7.11 Å². The maximum Gasteiger partial charge on any atom is 0.337 e. The number of rotatable bonds is 4. The molecule has 0 amide bonds. The number of hydrogen-bond donors (Lipinski definition) is 1. The summed E-state index contributed by atoms with van der Waals surface area (Å²) in [6.45, 7) is 0. The first kappa shape index (κ1) is 23.1. The predicted molar refractivity (Wildman–Crippen MR) is 149 cm³/mol. The van der Waals surface area contributed by atoms with E-state index in [1.165, 1.54) is 34.4 Å². The fourth-order valence-corrected chi connectivity index (χ4v) is 6.85. The Morgan fingerprint density at radius 3 is 2.35 bits per heavy atom. The van der Waals surface area contributed by atoms with E-state index in [1.807, 2.05) is 91.0 Å². The normalized spacial score (nSPS) is 15.8. The highest BCUT2D eigenvalue weighted by Gasteiger charge is 2.37. The van der Waals surface area contributed by atoms with Crippen LogP contribution in [0.2, 0.25) is 0 Å². The molecule has 8 heteroatoms. The van der Waals surface area contributed by atoms with E-state index in [1.54, 1.807) is 0 Å². The smallest absolute Gasteiger partial charge is 0.337 e. The number of para-hydroxylation sites is 1. The van der Waals surface area contributed by atoms with Gasteiger partial charge in [0.1, 0.15) is 15.5 Å². The summed E-state index contributed by atoms with van der Waals surface area (Å²) >= 11 is 2.72. The molecule has 1 unspecified atom stereocenters. The molecule has 3 aromatic carbocycles. The summed E-state index contributed by atoms with van der Waals surface area (Å²) in [7, 11) is 1.35. The molecule has 0 radical (unpaired) electrons. The van der Waals surface area contributed by atoms with Gasteiger partial charge in [-0.05, 0) is 29.3 Å². The topological polar surface area (TPSA) is 87.2 Å². The Balaban J connectivity index is 1.73. The fraction of sp³-hybridized carbons (Fsp3) is 0.0690. The molecule has 0 fully saturated rings. The lowest BCUT2D eigenvalue weighted by Crippen LogP contribution is -2.39. The van der Waals surface area contributed by atoms with E-state index in [4.69, 9.17) is 15.5 Å². The number of carbonyl (C=O) groups excluding carboxylic acids is 1. The Labute approximate surface area is 219 Å². The van der Waals surface area contributed by atoms with Gasteiger partial charge in [-0.25, -0.2) is 9.78 Å². The molecule has 5 aromatic rings. The van der Waals surface area contributed by atoms with Crippen LogP contribution in [0.3, 0.4) is 0 Å². The molecule has 0 aliphatic carbocycles. The number of benzene rings is 3. The molecule has 2 N–H and O–H groups in total. The van der Waals surface area contributed by atoms with Gasteiger partial charge in [0.05, 0.1) is 33.3 Å². The lowest BCUT2D eigenvalue weighted by molar-refractivity contribution is -0.134. The van der Waals surface area contributed by atoms with Crippen molar-refractivity contribution in [3.63, 3.8) is 0 Å². The highest BCUT2D eigenvalue weighted by Crippen LogP contribution is 2.44. The predicted octanol–water partition coefficient (Wildman–Crippen LogP) is 3.75. The van der Waals surface area contributed by atoms with Gasteiger partial charge < -0.3 is 10.5 Å². The Morgan fingerprint density at radius 2 is 1.65 bits per heavy atom. The number of aromatic nitrogens is 2. The van der Waals surface area contributed by atoms with E-state index in [0.717, 1.165) is 21.3 Å². The van der Waals surface area contributed by atoms with Crippen LogP contribution < -0.4 is 20.5 Å². The highest BCUT2D eigenvalue weighted by molar-refractivity contribution is 7.19. The van der Waals surface area contributed by atoms with Gasteiger partial charge in [0.25, 0.3) is 5.56 Å². The van der Waals surface area contributed by atoms with Crippen molar-refractivity contribution in [2.45, 2.75) is 5.92 Å². The van der Waals surface area contributed by atoms with Crippen molar-refractivity contribution in [1.82, 2.24) is 9.55 Å². The van der Waals surface area contributed by atoms with E-state index in [2.05, 4.69) is 0 Å². The van der Waals surface area contributed by atoms with Crippen LogP contribution in [0, 0.1) is 0 Å². The molecule has 0 bridgehead atoms. The van der Waals surface area contributed by atoms with Crippen LogP contribution >= 0.6 is 22.7 Å². The molecule has 2 aromatic heterocycles. The fourth-order valence-electron chi connectivity index (χ4n) is 4.63. The van der Waals surface area contributed by atoms with Gasteiger partial charge in [0, 0.05) is 5.57 Å². The number of nitrogens with zero attached hydrogens (tertiary/aromatic N) is 2. The average Bonchev–Trinajstić information content (AvgIpc) is 3.50. The van der Waals surface area contributed by atoms with Crippen molar-refractivity contribution < 1.29 is 9.53 Å². The van der Waals surface area contributed by atoms with Crippen molar-refractivity contribution in [3.05, 3.63) is 121 Å². The number of hydrogen-bond acceptors (Lipinski definition) is 7. The highest BCUT2D eigenvalue weighted by atomic mass is 32.1. The third-order valence-corrected chi connectivity index (χ3v) is 8.49. The van der Waals surface area contributed by atoms with Crippen molar-refractivity contribution in [3.8, 4) is 0 Å². The molecule has 3 heterocycles. The van der Waals surface area contributed by atoms with Crippen molar-refractivity contribution in [1.29, 1.82) is 0 Å². The number of ether oxygens (including phenoxy) is 1. The van der Waals surface area contributed by atoms with Crippen LogP contribution in [0.4, 0.5) is 0 Å². The molecular weight excluding hydrogens is 502 g/mol. The molecule has 1 aliphatic rings. The second-order valence-electron chi connectivity index (χ2n) is 8.50. The molecule has 1 aliphatic heterocycles. The lowest BCUT2D eigenvalue weighted by Gasteiger charge is -2.27. The van der Waals surface area contributed by atoms with Crippen LogP contribution in [0.1, 0.15) is 22.1 Å². The quantitative estimate of drug-likeness (QED) is 0.363. The molecule has 182 valence electrons. The Bertz CT molecular complexity index is 1830. The van der Waals surface area contributed by atoms with E-state index in [-0.39, 0.29) is 11.4 Å². The van der Waals surface area contributed by atoms with Crippen molar-refractivity contribution >= 4 is 61.9 Å². The second-order valence-corrected chi connectivity index (χ2v) is 10.6. The number of allylic oxidation sites excluding steroid dienone is 1. The Kier molecular flexibility index (Phi) is 5.82. The van der Waals surface area contributed by atoms with Gasteiger partial charge in [0.2, 0.25) is 0 Å². The van der Waals surface area contributed by atoms with Crippen molar-refractivity contribution in [2.24, 2.45) is 5.73 Å². The summed E-state index contributed by atoms with van der Waals surface area (Å²) in [5.74, 6) is -0.803. The molecule has 0 spiro atoms. The first-order valence-electron chi connectivity index (χ1n) is 11.6. The molecular formula is C29H21N3O3S2. The van der Waals surface area contributed by atoms with Gasteiger partial charge in [0.15, 0.2) is 0 Å². The summed E-state index contributed by atoms with van der Waals surface area (Å²) in [5.41, 5.74) is 10.1. The van der Waals surface area contributed by atoms with Gasteiger partial charge in [-0.2, -0.15) is 0 Å². The number of carbonyl (C=O) groups is 1. The van der Waals surface area contributed by atoms with Crippen LogP contribution in [-0.4, -0.2) is 22.6 Å². The minimum atomic E-state index is -0.558. The van der Waals surface area contributed by atoms with Gasteiger partial charge >= 0.3 is 5.97 Å². The maximum atomic E-state index is 13.7. The molecule has 6 rings (SSSR count). The molecule has 0 saturated carbocycles. The zero-order valence-corrected chi connectivity index (χ0v) is 21.4. The maximum absolute atomic E-state index is 13.7. The summed E-state index contributed by atoms with van der Waals surface area (Å²) in [4.78, 5) is 32.0. The minimum Gasteiger partial charge on any atom is -0.466 e. The summed E-state index contributed by atoms with van der Waals surface area (Å²) in [5, 5.41) is 0.659. The molecule has 0 saturated heterocycles. The number of thiazole rings is 2. The van der Waals surface area contributed by atoms with Gasteiger partial charge in [-0.3, -0.25) is 9.36 Å². The third kappa shape index (κ3) is 3.91. The molecule has 37 heavy (non-hydrogen) atoms. The van der Waals surface area contributed by atoms with E-state index < -0.39 is 11.9 Å². The van der Waals surface area contributed by atoms with Crippen LogP contribution in [0.5, 0.6) is 0 Å². The third-order valence-electron chi connectivity index (χ3n) is 6.31. The summed E-state index contributed by atoms with van der Waals surface area (Å²) in [6, 6.07) is 27.1. The van der Waals surface area contributed by atoms with Crippen LogP contribution in [0.25, 0.3) is 33.3 Å². The molecule has 1 atom stereocenters. The number of esters is 1. The van der Waals surface area contributed by atoms with Gasteiger partial charge in [-0.1, -0.05) is 72.8 Å². The van der Waals surface area contributed by atoms with Gasteiger partial charge in [-0.15, -0.1) is 22.7 Å². The zero-order chi connectivity index (χ0) is 25.5. The Morgan fingerprint density at radius 1 is 0.973 bits per heavy atom. The molecule has 6 nitrogen and oxygen atoms in total. The lowest BCUT2D eigenvalue weighted by atomic mass is 9.83. The van der Waals surface area contributed by atoms with E-state index >= 15 is 0 Å². The number of fused-ring (bicyclic) bond motifs is 2. The van der Waals surface area contributed by atoms with Crippen LogP contribution in [-0.2, 0) is 9.53 Å². The minimum absolute atomic E-state index is 0.268. The first-order chi connectivity index (χ1) is 18.1. The largest absolute Gasteiger partial charge is 0.466 e.